The molecule has 76 valence electrons. The van der Waals surface area contributed by atoms with Crippen molar-refractivity contribution in [3.05, 3.63) is 28.8 Å². The highest BCUT2D eigenvalue weighted by Crippen LogP contribution is 2.19. The molecule has 3 nitrogen and oxygen atoms in total. The molecule has 0 aliphatic heterocycles. The Kier molecular flexibility index (Phi) is 3.77. The molecule has 14 heavy (non-hydrogen) atoms. The molecule has 0 aliphatic carbocycles. The highest BCUT2D eigenvalue weighted by atomic mass is 35.5. The summed E-state index contributed by atoms with van der Waals surface area (Å²) in [6.45, 7) is 1.73. The lowest BCUT2D eigenvalue weighted by Crippen LogP contribution is -2.03. The smallest absolute Gasteiger partial charge is 0.302 e. The average Bonchev–Trinajstić information content (AvgIpc) is 2.08. The van der Waals surface area contributed by atoms with Crippen LogP contribution < -0.4 is 5.73 Å². The number of hydrogen-bond donors (Lipinski definition) is 1. The summed E-state index contributed by atoms with van der Waals surface area (Å²) in [6.07, 6.45) is 0.610. The summed E-state index contributed by atoms with van der Waals surface area (Å²) in [5.41, 5.74) is 7.10. The number of nitrogens with two attached hydrogens (primary N) is 1. The second kappa shape index (κ2) is 4.86. The van der Waals surface area contributed by atoms with Gasteiger partial charge in [-0.25, -0.2) is 0 Å². The number of nitrogen functional groups attached to an aromatic ring is 1. The first-order valence-electron chi connectivity index (χ1n) is 4.27. The van der Waals surface area contributed by atoms with E-state index in [4.69, 9.17) is 22.1 Å². The molecule has 0 aromatic heterocycles. The standard InChI is InChI=1S/C10H12ClNO2/c1-7(13)14-5-4-8-2-3-9(12)6-10(8)11/h2-3,6H,4-5,12H2,1H3. The van der Waals surface area contributed by atoms with Crippen molar-refractivity contribution in [2.24, 2.45) is 0 Å². The van der Waals surface area contributed by atoms with Gasteiger partial charge in [-0.2, -0.15) is 0 Å². The average molecular weight is 214 g/mol. The van der Waals surface area contributed by atoms with Gasteiger partial charge in [-0.05, 0) is 17.7 Å². The fourth-order valence-corrected chi connectivity index (χ4v) is 1.35. The third-order valence-corrected chi connectivity index (χ3v) is 2.11. The number of hydrogen-bond acceptors (Lipinski definition) is 3. The third kappa shape index (κ3) is 3.26. The van der Waals surface area contributed by atoms with Gasteiger partial charge in [0.15, 0.2) is 0 Å². The van der Waals surface area contributed by atoms with E-state index in [0.29, 0.717) is 23.7 Å². The topological polar surface area (TPSA) is 52.3 Å². The minimum Gasteiger partial charge on any atom is -0.466 e. The van der Waals surface area contributed by atoms with Crippen LogP contribution in [0.15, 0.2) is 18.2 Å². The fourth-order valence-electron chi connectivity index (χ4n) is 1.07. The van der Waals surface area contributed by atoms with Gasteiger partial charge in [0.1, 0.15) is 0 Å². The number of ether oxygens (including phenoxy) is 1. The quantitative estimate of drug-likeness (QED) is 0.618. The molecule has 0 atom stereocenters. The van der Waals surface area contributed by atoms with E-state index >= 15 is 0 Å². The Hall–Kier alpha value is -1.22. The first-order chi connectivity index (χ1) is 6.59. The van der Waals surface area contributed by atoms with E-state index in [1.807, 2.05) is 6.07 Å². The molecule has 0 bridgehead atoms. The molecule has 0 unspecified atom stereocenters. The number of carbonyl (C=O) groups is 1. The van der Waals surface area contributed by atoms with Crippen molar-refractivity contribution < 1.29 is 9.53 Å². The number of esters is 1. The lowest BCUT2D eigenvalue weighted by atomic mass is 10.1. The Labute approximate surface area is 87.8 Å². The van der Waals surface area contributed by atoms with E-state index in [2.05, 4.69) is 0 Å². The Morgan fingerprint density at radius 3 is 2.86 bits per heavy atom. The Bertz CT molecular complexity index is 339. The molecule has 1 aromatic carbocycles. The number of halogens is 1. The molecule has 0 radical (unpaired) electrons. The monoisotopic (exact) mass is 213 g/mol. The Morgan fingerprint density at radius 1 is 1.57 bits per heavy atom. The van der Waals surface area contributed by atoms with Crippen molar-refractivity contribution in [3.63, 3.8) is 0 Å². The van der Waals surface area contributed by atoms with E-state index in [1.165, 1.54) is 6.92 Å². The van der Waals surface area contributed by atoms with Gasteiger partial charge in [0.2, 0.25) is 0 Å². The predicted octanol–water partition coefficient (Wildman–Crippen LogP) is 2.03. The normalized spacial score (nSPS) is 9.86. The van der Waals surface area contributed by atoms with Crippen LogP contribution in [-0.4, -0.2) is 12.6 Å². The van der Waals surface area contributed by atoms with Crippen LogP contribution in [0.4, 0.5) is 5.69 Å². The van der Waals surface area contributed by atoms with Crippen LogP contribution in [0.3, 0.4) is 0 Å². The zero-order valence-corrected chi connectivity index (χ0v) is 8.67. The van der Waals surface area contributed by atoms with Gasteiger partial charge in [0.05, 0.1) is 6.61 Å². The van der Waals surface area contributed by atoms with Crippen molar-refractivity contribution in [1.29, 1.82) is 0 Å². The molecule has 0 fully saturated rings. The zero-order valence-electron chi connectivity index (χ0n) is 7.92. The van der Waals surface area contributed by atoms with Crippen LogP contribution in [0.2, 0.25) is 5.02 Å². The molecule has 0 amide bonds. The van der Waals surface area contributed by atoms with Crippen molar-refractivity contribution in [1.82, 2.24) is 0 Å². The first kappa shape index (κ1) is 10.9. The van der Waals surface area contributed by atoms with E-state index in [9.17, 15) is 4.79 Å². The lowest BCUT2D eigenvalue weighted by molar-refractivity contribution is -0.140. The molecule has 4 heteroatoms. The molecule has 0 saturated heterocycles. The highest BCUT2D eigenvalue weighted by molar-refractivity contribution is 6.31. The second-order valence-electron chi connectivity index (χ2n) is 2.94. The fraction of sp³-hybridized carbons (Fsp3) is 0.300. The van der Waals surface area contributed by atoms with Crippen molar-refractivity contribution in [2.75, 3.05) is 12.3 Å². The number of anilines is 1. The van der Waals surface area contributed by atoms with Gasteiger partial charge >= 0.3 is 5.97 Å². The van der Waals surface area contributed by atoms with Crippen molar-refractivity contribution in [3.8, 4) is 0 Å². The lowest BCUT2D eigenvalue weighted by Gasteiger charge is -2.05. The van der Waals surface area contributed by atoms with Crippen molar-refractivity contribution >= 4 is 23.3 Å². The summed E-state index contributed by atoms with van der Waals surface area (Å²) in [4.78, 5) is 10.5. The van der Waals surface area contributed by atoms with E-state index in [-0.39, 0.29) is 5.97 Å². The van der Waals surface area contributed by atoms with E-state index < -0.39 is 0 Å². The number of rotatable bonds is 3. The first-order valence-corrected chi connectivity index (χ1v) is 4.64. The molecule has 1 aromatic rings. The Balaban J connectivity index is 2.55. The minimum absolute atomic E-state index is 0.281. The van der Waals surface area contributed by atoms with Crippen LogP contribution >= 0.6 is 11.6 Å². The predicted molar refractivity (Wildman–Crippen MR) is 56.2 cm³/mol. The molecule has 0 aliphatic rings. The maximum Gasteiger partial charge on any atom is 0.302 e. The van der Waals surface area contributed by atoms with Gasteiger partial charge < -0.3 is 10.5 Å². The summed E-state index contributed by atoms with van der Waals surface area (Å²) in [7, 11) is 0. The summed E-state index contributed by atoms with van der Waals surface area (Å²) in [5, 5.41) is 0.608. The maximum absolute atomic E-state index is 10.5. The van der Waals surface area contributed by atoms with Gasteiger partial charge in [-0.3, -0.25) is 4.79 Å². The summed E-state index contributed by atoms with van der Waals surface area (Å²) in [6, 6.07) is 5.29. The van der Waals surface area contributed by atoms with E-state index in [1.54, 1.807) is 12.1 Å². The van der Waals surface area contributed by atoms with Crippen LogP contribution in [0.5, 0.6) is 0 Å². The molecule has 0 heterocycles. The Morgan fingerprint density at radius 2 is 2.29 bits per heavy atom. The minimum atomic E-state index is -0.281. The van der Waals surface area contributed by atoms with Crippen LogP contribution in [0, 0.1) is 0 Å². The molecule has 0 saturated carbocycles. The second-order valence-corrected chi connectivity index (χ2v) is 3.35. The molecular formula is C10H12ClNO2. The van der Waals surface area contributed by atoms with Gasteiger partial charge in [-0.1, -0.05) is 17.7 Å². The summed E-state index contributed by atoms with van der Waals surface area (Å²) >= 11 is 5.92. The molecular weight excluding hydrogens is 202 g/mol. The van der Waals surface area contributed by atoms with E-state index in [0.717, 1.165) is 5.56 Å². The summed E-state index contributed by atoms with van der Waals surface area (Å²) in [5.74, 6) is -0.281. The van der Waals surface area contributed by atoms with Crippen LogP contribution in [0.1, 0.15) is 12.5 Å². The molecule has 1 rings (SSSR count). The molecule has 2 N–H and O–H groups in total. The van der Waals surface area contributed by atoms with Crippen LogP contribution in [-0.2, 0) is 16.0 Å². The highest BCUT2D eigenvalue weighted by Gasteiger charge is 2.01. The number of carbonyl (C=O) groups excluding carboxylic acids is 1. The summed E-state index contributed by atoms with van der Waals surface area (Å²) < 4.78 is 4.80. The molecule has 0 spiro atoms. The zero-order chi connectivity index (χ0) is 10.6. The van der Waals surface area contributed by atoms with Crippen LogP contribution in [0.25, 0.3) is 0 Å². The van der Waals surface area contributed by atoms with Gasteiger partial charge in [0, 0.05) is 24.1 Å². The number of benzene rings is 1. The maximum atomic E-state index is 10.5. The van der Waals surface area contributed by atoms with Crippen molar-refractivity contribution in [2.45, 2.75) is 13.3 Å². The largest absolute Gasteiger partial charge is 0.466 e. The van der Waals surface area contributed by atoms with Gasteiger partial charge in [-0.15, -0.1) is 0 Å². The third-order valence-electron chi connectivity index (χ3n) is 1.75. The SMILES string of the molecule is CC(=O)OCCc1ccc(N)cc1Cl. The van der Waals surface area contributed by atoms with Gasteiger partial charge in [0.25, 0.3) is 0 Å².